The number of rotatable bonds is 2. The van der Waals surface area contributed by atoms with Crippen LogP contribution in [0.4, 0.5) is 17.1 Å². The summed E-state index contributed by atoms with van der Waals surface area (Å²) in [7, 11) is 1.95. The summed E-state index contributed by atoms with van der Waals surface area (Å²) >= 11 is 6.15. The molecule has 0 aromatic heterocycles. The number of hydrogen-bond acceptors (Lipinski definition) is 3. The maximum Gasteiger partial charge on any atom is 0.260 e. The molecule has 22 heavy (non-hydrogen) atoms. The Hall–Kier alpha value is -2.04. The third-order valence-corrected chi connectivity index (χ3v) is 4.04. The van der Waals surface area contributed by atoms with Gasteiger partial charge in [-0.1, -0.05) is 23.7 Å². The van der Waals surface area contributed by atoms with Crippen molar-refractivity contribution in [2.24, 2.45) is 5.73 Å². The number of para-hydroxylation sites is 1. The average Bonchev–Trinajstić information content (AvgIpc) is 2.57. The zero-order chi connectivity index (χ0) is 15.9. The Morgan fingerprint density at radius 1 is 1.14 bits per heavy atom. The fourth-order valence-electron chi connectivity index (χ4n) is 2.80. The smallest absolute Gasteiger partial charge is 0.260 e. The van der Waals surface area contributed by atoms with Crippen LogP contribution in [0.5, 0.6) is 0 Å². The Morgan fingerprint density at radius 2 is 1.86 bits per heavy atom. The van der Waals surface area contributed by atoms with Crippen LogP contribution in [0.15, 0.2) is 42.5 Å². The van der Waals surface area contributed by atoms with Crippen LogP contribution in [-0.2, 0) is 0 Å². The fraction of sp³-hybridized carbons (Fsp3) is 0.235. The van der Waals surface area contributed by atoms with E-state index in [1.54, 1.807) is 4.90 Å². The van der Waals surface area contributed by atoms with E-state index in [9.17, 15) is 4.79 Å². The number of fused-ring (bicyclic) bond motifs is 2. The highest BCUT2D eigenvalue weighted by Crippen LogP contribution is 2.40. The molecule has 0 radical (unpaired) electrons. The summed E-state index contributed by atoms with van der Waals surface area (Å²) in [6.07, 6.45) is 0. The van der Waals surface area contributed by atoms with E-state index < -0.39 is 0 Å². The molecule has 1 atom stereocenters. The van der Waals surface area contributed by atoms with Gasteiger partial charge in [-0.05, 0) is 37.3 Å². The summed E-state index contributed by atoms with van der Waals surface area (Å²) in [6, 6.07) is 13.0. The molecule has 0 fully saturated rings. The van der Waals surface area contributed by atoms with Crippen LogP contribution < -0.4 is 15.5 Å². The monoisotopic (exact) mass is 315 g/mol. The summed E-state index contributed by atoms with van der Waals surface area (Å²) in [6.45, 7) is 2.33. The van der Waals surface area contributed by atoms with Crippen molar-refractivity contribution in [2.75, 3.05) is 23.4 Å². The molecule has 1 aliphatic rings. The Bertz CT molecular complexity index is 730. The van der Waals surface area contributed by atoms with Gasteiger partial charge in [-0.25, -0.2) is 0 Å². The van der Waals surface area contributed by atoms with Crippen LogP contribution in [0.2, 0.25) is 5.02 Å². The number of anilines is 3. The second-order valence-corrected chi connectivity index (χ2v) is 6.04. The van der Waals surface area contributed by atoms with Gasteiger partial charge in [-0.15, -0.1) is 0 Å². The van der Waals surface area contributed by atoms with Crippen molar-refractivity contribution in [3.05, 3.63) is 53.1 Å². The van der Waals surface area contributed by atoms with Crippen molar-refractivity contribution in [1.82, 2.24) is 0 Å². The number of amides is 1. The van der Waals surface area contributed by atoms with Crippen molar-refractivity contribution >= 4 is 34.6 Å². The summed E-state index contributed by atoms with van der Waals surface area (Å²) in [4.78, 5) is 16.7. The van der Waals surface area contributed by atoms with Gasteiger partial charge in [0.25, 0.3) is 5.91 Å². The van der Waals surface area contributed by atoms with E-state index in [1.165, 1.54) is 0 Å². The highest BCUT2D eigenvalue weighted by atomic mass is 35.5. The number of hydrogen-bond donors (Lipinski definition) is 1. The molecule has 1 heterocycles. The highest BCUT2D eigenvalue weighted by molar-refractivity contribution is 6.31. The number of halogens is 1. The van der Waals surface area contributed by atoms with E-state index in [-0.39, 0.29) is 11.9 Å². The third kappa shape index (κ3) is 2.45. The lowest BCUT2D eigenvalue weighted by molar-refractivity contribution is 0.0987. The normalized spacial score (nSPS) is 15.2. The molecule has 3 rings (SSSR count). The van der Waals surface area contributed by atoms with Crippen molar-refractivity contribution in [2.45, 2.75) is 13.0 Å². The van der Waals surface area contributed by atoms with Crippen LogP contribution in [0.25, 0.3) is 0 Å². The first-order valence-electron chi connectivity index (χ1n) is 7.19. The fourth-order valence-corrected chi connectivity index (χ4v) is 2.96. The van der Waals surface area contributed by atoms with Gasteiger partial charge in [0.15, 0.2) is 0 Å². The lowest BCUT2D eigenvalue weighted by Crippen LogP contribution is -2.39. The van der Waals surface area contributed by atoms with Gasteiger partial charge < -0.3 is 15.5 Å². The van der Waals surface area contributed by atoms with Gasteiger partial charge in [0.05, 0.1) is 22.6 Å². The Morgan fingerprint density at radius 3 is 2.59 bits per heavy atom. The quantitative estimate of drug-likeness (QED) is 0.924. The Balaban J connectivity index is 2.25. The van der Waals surface area contributed by atoms with Crippen LogP contribution in [-0.4, -0.2) is 25.5 Å². The third-order valence-electron chi connectivity index (χ3n) is 3.80. The summed E-state index contributed by atoms with van der Waals surface area (Å²) in [5.41, 5.74) is 9.21. The van der Waals surface area contributed by atoms with Crippen LogP contribution in [0, 0.1) is 0 Å². The molecule has 0 spiro atoms. The Labute approximate surface area is 135 Å². The van der Waals surface area contributed by atoms with Crippen LogP contribution in [0.1, 0.15) is 17.3 Å². The van der Waals surface area contributed by atoms with E-state index in [1.807, 2.05) is 61.3 Å². The van der Waals surface area contributed by atoms with E-state index >= 15 is 0 Å². The molecule has 114 valence electrons. The van der Waals surface area contributed by atoms with Crippen molar-refractivity contribution < 1.29 is 4.79 Å². The summed E-state index contributed by atoms with van der Waals surface area (Å²) in [5.74, 6) is -0.0548. The van der Waals surface area contributed by atoms with Gasteiger partial charge in [-0.3, -0.25) is 4.79 Å². The maximum atomic E-state index is 13.0. The van der Waals surface area contributed by atoms with E-state index in [4.69, 9.17) is 17.3 Å². The van der Waals surface area contributed by atoms with Crippen LogP contribution >= 0.6 is 11.6 Å². The van der Waals surface area contributed by atoms with E-state index in [2.05, 4.69) is 0 Å². The van der Waals surface area contributed by atoms with E-state index in [0.717, 1.165) is 17.1 Å². The minimum absolute atomic E-state index is 0.0548. The first-order valence-corrected chi connectivity index (χ1v) is 7.56. The number of nitrogens with zero attached hydrogens (tertiary/aromatic N) is 2. The molecule has 5 heteroatoms. The first-order chi connectivity index (χ1) is 10.5. The molecule has 0 bridgehead atoms. The lowest BCUT2D eigenvalue weighted by Gasteiger charge is -2.26. The molecule has 0 saturated carbocycles. The molecular weight excluding hydrogens is 298 g/mol. The first kappa shape index (κ1) is 14.9. The zero-order valence-corrected chi connectivity index (χ0v) is 13.3. The second kappa shape index (κ2) is 5.63. The number of nitrogens with two attached hydrogens (primary N) is 1. The van der Waals surface area contributed by atoms with Gasteiger partial charge in [-0.2, -0.15) is 0 Å². The molecule has 2 aromatic rings. The zero-order valence-electron chi connectivity index (χ0n) is 12.6. The molecule has 0 saturated heterocycles. The van der Waals surface area contributed by atoms with Gasteiger partial charge in [0, 0.05) is 24.7 Å². The maximum absolute atomic E-state index is 13.0. The molecular formula is C17H18ClN3O. The number of carbonyl (C=O) groups excluding carboxylic acids is 1. The molecule has 1 aliphatic heterocycles. The van der Waals surface area contributed by atoms with Crippen molar-refractivity contribution in [3.63, 3.8) is 0 Å². The predicted molar refractivity (Wildman–Crippen MR) is 91.3 cm³/mol. The number of benzene rings is 2. The SMILES string of the molecule is C[C@@H](N)CN1C(=O)c2ccccc2N(C)c2ccc(Cl)cc21. The summed E-state index contributed by atoms with van der Waals surface area (Å²) < 4.78 is 0. The molecule has 2 aromatic carbocycles. The molecule has 0 unspecified atom stereocenters. The average molecular weight is 316 g/mol. The minimum atomic E-state index is -0.133. The number of carbonyl (C=O) groups is 1. The lowest BCUT2D eigenvalue weighted by atomic mass is 10.1. The standard InChI is InChI=1S/C17H18ClN3O/c1-11(19)10-21-16-9-12(18)7-8-15(16)20(2)14-6-4-3-5-13(14)17(21)22/h3-9,11H,10,19H2,1-2H3/t11-/m1/s1. The largest absolute Gasteiger partial charge is 0.342 e. The second-order valence-electron chi connectivity index (χ2n) is 5.60. The predicted octanol–water partition coefficient (Wildman–Crippen LogP) is 3.42. The highest BCUT2D eigenvalue weighted by Gasteiger charge is 2.29. The molecule has 2 N–H and O–H groups in total. The minimum Gasteiger partial charge on any atom is -0.342 e. The Kier molecular flexibility index (Phi) is 3.81. The van der Waals surface area contributed by atoms with E-state index in [0.29, 0.717) is 17.1 Å². The van der Waals surface area contributed by atoms with Gasteiger partial charge in [0.2, 0.25) is 0 Å². The van der Waals surface area contributed by atoms with Gasteiger partial charge >= 0.3 is 0 Å². The molecule has 4 nitrogen and oxygen atoms in total. The molecule has 0 aliphatic carbocycles. The van der Waals surface area contributed by atoms with Gasteiger partial charge in [0.1, 0.15) is 0 Å². The van der Waals surface area contributed by atoms with Crippen molar-refractivity contribution in [1.29, 1.82) is 0 Å². The summed E-state index contributed by atoms with van der Waals surface area (Å²) in [5, 5.41) is 0.598. The van der Waals surface area contributed by atoms with Crippen LogP contribution in [0.3, 0.4) is 0 Å². The topological polar surface area (TPSA) is 49.6 Å². The molecule has 1 amide bonds. The van der Waals surface area contributed by atoms with Crippen molar-refractivity contribution in [3.8, 4) is 0 Å².